The van der Waals surface area contributed by atoms with Crippen LogP contribution in [0, 0.1) is 17.8 Å². The summed E-state index contributed by atoms with van der Waals surface area (Å²) < 4.78 is 0. The first-order valence-electron chi connectivity index (χ1n) is 8.22. The second kappa shape index (κ2) is 6.77. The lowest BCUT2D eigenvalue weighted by atomic mass is 9.76. The van der Waals surface area contributed by atoms with E-state index < -0.39 is 11.5 Å². The molecule has 0 radical (unpaired) electrons. The quantitative estimate of drug-likeness (QED) is 0.738. The molecule has 4 N–H and O–H groups in total. The maximum atomic E-state index is 12.4. The van der Waals surface area contributed by atoms with Crippen LogP contribution in [-0.4, -0.2) is 29.1 Å². The Kier molecular flexibility index (Phi) is 5.25. The molecule has 2 fully saturated rings. The maximum absolute atomic E-state index is 12.4. The van der Waals surface area contributed by atoms with Crippen LogP contribution in [0.1, 0.15) is 58.3 Å². The third-order valence-corrected chi connectivity index (χ3v) is 5.24. The smallest absolute Gasteiger partial charge is 0.306 e. The first kappa shape index (κ1) is 16.3. The molecule has 2 aliphatic carbocycles. The molecule has 4 unspecified atom stereocenters. The van der Waals surface area contributed by atoms with Gasteiger partial charge in [-0.05, 0) is 37.5 Å². The average Bonchev–Trinajstić information content (AvgIpc) is 2.44. The van der Waals surface area contributed by atoms with Gasteiger partial charge in [-0.3, -0.25) is 9.59 Å². The van der Waals surface area contributed by atoms with Gasteiger partial charge in [0, 0.05) is 6.54 Å². The third kappa shape index (κ3) is 3.96. The number of carbonyl (C=O) groups is 2. The van der Waals surface area contributed by atoms with Crippen molar-refractivity contribution in [2.75, 3.05) is 6.54 Å². The predicted molar refractivity (Wildman–Crippen MR) is 80.6 cm³/mol. The van der Waals surface area contributed by atoms with Crippen LogP contribution < -0.4 is 11.1 Å². The second-order valence-corrected chi connectivity index (χ2v) is 7.06. The fourth-order valence-corrected chi connectivity index (χ4v) is 3.98. The Labute approximate surface area is 126 Å². The summed E-state index contributed by atoms with van der Waals surface area (Å²) in [7, 11) is 0. The van der Waals surface area contributed by atoms with Crippen molar-refractivity contribution in [2.24, 2.45) is 23.5 Å². The largest absolute Gasteiger partial charge is 0.481 e. The van der Waals surface area contributed by atoms with E-state index in [1.807, 2.05) is 0 Å². The minimum absolute atomic E-state index is 0.0461. The molecule has 21 heavy (non-hydrogen) atoms. The Balaban J connectivity index is 1.89. The molecule has 2 aliphatic rings. The molecule has 0 aromatic rings. The first-order chi connectivity index (χ1) is 9.92. The van der Waals surface area contributed by atoms with Gasteiger partial charge in [-0.25, -0.2) is 0 Å². The molecule has 4 atom stereocenters. The number of nitrogens with two attached hydrogens (primary N) is 1. The van der Waals surface area contributed by atoms with Gasteiger partial charge in [-0.15, -0.1) is 0 Å². The van der Waals surface area contributed by atoms with E-state index in [-0.39, 0.29) is 17.7 Å². The lowest BCUT2D eigenvalue weighted by Gasteiger charge is -2.36. The lowest BCUT2D eigenvalue weighted by molar-refractivity contribution is -0.145. The van der Waals surface area contributed by atoms with Crippen molar-refractivity contribution >= 4 is 11.9 Å². The number of hydrogen-bond donors (Lipinski definition) is 3. The number of carbonyl (C=O) groups excluding carboxylic acids is 1. The second-order valence-electron chi connectivity index (χ2n) is 7.06. The lowest BCUT2D eigenvalue weighted by Crippen LogP contribution is -2.57. The van der Waals surface area contributed by atoms with Gasteiger partial charge in [0.05, 0.1) is 11.5 Å². The monoisotopic (exact) mass is 296 g/mol. The summed E-state index contributed by atoms with van der Waals surface area (Å²) in [6, 6.07) is 0. The van der Waals surface area contributed by atoms with Gasteiger partial charge in [0.25, 0.3) is 0 Å². The number of amides is 1. The number of nitrogens with one attached hydrogen (secondary N) is 1. The summed E-state index contributed by atoms with van der Waals surface area (Å²) in [6.07, 6.45) is 7.21. The summed E-state index contributed by atoms with van der Waals surface area (Å²) in [5.74, 6) is -0.620. The number of carboxylic acids is 1. The van der Waals surface area contributed by atoms with E-state index in [0.717, 1.165) is 51.4 Å². The van der Waals surface area contributed by atoms with Crippen molar-refractivity contribution in [1.82, 2.24) is 5.32 Å². The summed E-state index contributed by atoms with van der Waals surface area (Å²) in [4.78, 5) is 23.7. The highest BCUT2D eigenvalue weighted by atomic mass is 16.4. The van der Waals surface area contributed by atoms with Crippen LogP contribution >= 0.6 is 0 Å². The molecule has 1 amide bonds. The highest BCUT2D eigenvalue weighted by Gasteiger charge is 2.39. The summed E-state index contributed by atoms with van der Waals surface area (Å²) in [5.41, 5.74) is 5.52. The van der Waals surface area contributed by atoms with E-state index in [1.165, 1.54) is 0 Å². The molecule has 5 nitrogen and oxygen atoms in total. The Hall–Kier alpha value is -1.10. The standard InChI is InChI=1S/C16H28N2O3/c1-11-5-4-8-16(17,9-11)15(21)18-10-12-6-2-3-7-13(12)14(19)20/h11-13H,2-10,17H2,1H3,(H,18,21)(H,19,20). The van der Waals surface area contributed by atoms with E-state index in [0.29, 0.717) is 12.5 Å². The summed E-state index contributed by atoms with van der Waals surface area (Å²) in [5, 5.41) is 12.2. The SMILES string of the molecule is CC1CCCC(N)(C(=O)NCC2CCCCC2C(=O)O)C1. The summed E-state index contributed by atoms with van der Waals surface area (Å²) >= 11 is 0. The molecular weight excluding hydrogens is 268 g/mol. The topological polar surface area (TPSA) is 92.4 Å². The zero-order chi connectivity index (χ0) is 15.5. The van der Waals surface area contributed by atoms with Crippen molar-refractivity contribution in [2.45, 2.75) is 63.8 Å². The van der Waals surface area contributed by atoms with Crippen molar-refractivity contribution in [3.63, 3.8) is 0 Å². The number of aliphatic carboxylic acids is 1. The zero-order valence-electron chi connectivity index (χ0n) is 12.9. The molecule has 0 spiro atoms. The van der Waals surface area contributed by atoms with Crippen LogP contribution in [-0.2, 0) is 9.59 Å². The zero-order valence-corrected chi connectivity index (χ0v) is 12.9. The highest BCUT2D eigenvalue weighted by molar-refractivity contribution is 5.86. The maximum Gasteiger partial charge on any atom is 0.306 e. The van der Waals surface area contributed by atoms with Gasteiger partial charge in [-0.2, -0.15) is 0 Å². The Bertz CT molecular complexity index is 399. The van der Waals surface area contributed by atoms with Gasteiger partial charge in [0.1, 0.15) is 0 Å². The van der Waals surface area contributed by atoms with Crippen LogP contribution in [0.25, 0.3) is 0 Å². The van der Waals surface area contributed by atoms with Crippen LogP contribution in [0.15, 0.2) is 0 Å². The number of hydrogen-bond acceptors (Lipinski definition) is 3. The van der Waals surface area contributed by atoms with Crippen LogP contribution in [0.3, 0.4) is 0 Å². The number of carboxylic acid groups (broad SMARTS) is 1. The molecular formula is C16H28N2O3. The molecule has 120 valence electrons. The van der Waals surface area contributed by atoms with Gasteiger partial charge >= 0.3 is 5.97 Å². The van der Waals surface area contributed by atoms with Gasteiger partial charge in [0.2, 0.25) is 5.91 Å². The molecule has 2 rings (SSSR count). The van der Waals surface area contributed by atoms with E-state index in [2.05, 4.69) is 12.2 Å². The van der Waals surface area contributed by atoms with Crippen molar-refractivity contribution < 1.29 is 14.7 Å². The Morgan fingerprint density at radius 1 is 1.24 bits per heavy atom. The molecule has 0 heterocycles. The highest BCUT2D eigenvalue weighted by Crippen LogP contribution is 2.32. The van der Waals surface area contributed by atoms with E-state index in [9.17, 15) is 14.7 Å². The fraction of sp³-hybridized carbons (Fsp3) is 0.875. The molecule has 0 aromatic heterocycles. The van der Waals surface area contributed by atoms with Crippen molar-refractivity contribution in [3.05, 3.63) is 0 Å². The minimum atomic E-state index is -0.759. The van der Waals surface area contributed by atoms with E-state index >= 15 is 0 Å². The van der Waals surface area contributed by atoms with E-state index in [1.54, 1.807) is 0 Å². The molecule has 0 aromatic carbocycles. The Morgan fingerprint density at radius 3 is 2.62 bits per heavy atom. The van der Waals surface area contributed by atoms with Crippen LogP contribution in [0.4, 0.5) is 0 Å². The van der Waals surface area contributed by atoms with Crippen LogP contribution in [0.5, 0.6) is 0 Å². The molecule has 5 heteroatoms. The van der Waals surface area contributed by atoms with Crippen molar-refractivity contribution in [3.8, 4) is 0 Å². The summed E-state index contributed by atoms with van der Waals surface area (Å²) in [6.45, 7) is 2.58. The third-order valence-electron chi connectivity index (χ3n) is 5.24. The van der Waals surface area contributed by atoms with Crippen LogP contribution in [0.2, 0.25) is 0 Å². The number of rotatable bonds is 4. The average molecular weight is 296 g/mol. The predicted octanol–water partition coefficient (Wildman–Crippen LogP) is 1.90. The fourth-order valence-electron chi connectivity index (χ4n) is 3.98. The van der Waals surface area contributed by atoms with E-state index in [4.69, 9.17) is 5.73 Å². The first-order valence-corrected chi connectivity index (χ1v) is 8.22. The van der Waals surface area contributed by atoms with Gasteiger partial charge in [-0.1, -0.05) is 32.6 Å². The molecule has 0 bridgehead atoms. The normalized spacial score (nSPS) is 37.0. The molecule has 2 saturated carbocycles. The molecule has 0 aliphatic heterocycles. The molecule has 0 saturated heterocycles. The Morgan fingerprint density at radius 2 is 1.95 bits per heavy atom. The van der Waals surface area contributed by atoms with Gasteiger partial charge in [0.15, 0.2) is 0 Å². The minimum Gasteiger partial charge on any atom is -0.481 e. The van der Waals surface area contributed by atoms with Crippen molar-refractivity contribution in [1.29, 1.82) is 0 Å². The van der Waals surface area contributed by atoms with Gasteiger partial charge < -0.3 is 16.2 Å².